The fourth-order valence-electron chi connectivity index (χ4n) is 1.99. The molecule has 0 unspecified atom stereocenters. The Morgan fingerprint density at radius 2 is 1.91 bits per heavy atom. The Balaban J connectivity index is 2.54. The topological polar surface area (TPSA) is 57.7 Å². The van der Waals surface area contributed by atoms with E-state index in [4.69, 9.17) is 9.47 Å². The molecule has 1 aromatic heterocycles. The summed E-state index contributed by atoms with van der Waals surface area (Å²) in [6, 6.07) is 5.20. The molecule has 0 saturated heterocycles. The van der Waals surface area contributed by atoms with Gasteiger partial charge in [0.1, 0.15) is 11.3 Å². The molecule has 1 aromatic carbocycles. The maximum Gasteiger partial charge on any atom is 0.573 e. The molecule has 0 spiro atoms. The van der Waals surface area contributed by atoms with Crippen LogP contribution in [0.25, 0.3) is 11.1 Å². The molecular formula is C15H12F3NO4. The van der Waals surface area contributed by atoms with Crippen LogP contribution in [-0.4, -0.2) is 31.5 Å². The first kappa shape index (κ1) is 16.6. The summed E-state index contributed by atoms with van der Waals surface area (Å²) in [5.41, 5.74) is 0.636. The highest BCUT2D eigenvalue weighted by Gasteiger charge is 2.31. The molecule has 0 N–H and O–H groups in total. The number of carbonyl (C=O) groups is 1. The second-order valence-electron chi connectivity index (χ2n) is 4.33. The number of nitrogens with zero attached hydrogens (tertiary/aromatic N) is 1. The molecule has 2 rings (SSSR count). The summed E-state index contributed by atoms with van der Waals surface area (Å²) >= 11 is 0. The Morgan fingerprint density at radius 1 is 1.17 bits per heavy atom. The summed E-state index contributed by atoms with van der Waals surface area (Å²) in [6.45, 7) is 0. The predicted molar refractivity (Wildman–Crippen MR) is 74.2 cm³/mol. The molecule has 0 aliphatic rings. The summed E-state index contributed by atoms with van der Waals surface area (Å²) in [7, 11) is 2.53. The highest BCUT2D eigenvalue weighted by Crippen LogP contribution is 2.33. The number of ether oxygens (including phenoxy) is 3. The molecule has 0 aliphatic heterocycles. The lowest BCUT2D eigenvalue weighted by Crippen LogP contribution is -2.17. The minimum absolute atomic E-state index is 0.0640. The number of aromatic nitrogens is 1. The van der Waals surface area contributed by atoms with Gasteiger partial charge in [-0.15, -0.1) is 13.2 Å². The second kappa shape index (κ2) is 6.55. The Hall–Kier alpha value is -2.77. The van der Waals surface area contributed by atoms with Gasteiger partial charge in [-0.05, 0) is 17.7 Å². The van der Waals surface area contributed by atoms with E-state index in [1.165, 1.54) is 38.7 Å². The fraction of sp³-hybridized carbons (Fsp3) is 0.200. The molecule has 0 atom stereocenters. The highest BCUT2D eigenvalue weighted by atomic mass is 19.4. The number of hydrogen-bond acceptors (Lipinski definition) is 5. The smallest absolute Gasteiger partial charge is 0.494 e. The lowest BCUT2D eigenvalue weighted by Gasteiger charge is -2.13. The molecule has 5 nitrogen and oxygen atoms in total. The van der Waals surface area contributed by atoms with Crippen LogP contribution in [0, 0.1) is 0 Å². The van der Waals surface area contributed by atoms with Gasteiger partial charge in [0, 0.05) is 11.8 Å². The monoisotopic (exact) mass is 327 g/mol. The third-order valence-electron chi connectivity index (χ3n) is 2.90. The van der Waals surface area contributed by atoms with Crippen molar-refractivity contribution in [3.05, 3.63) is 42.2 Å². The van der Waals surface area contributed by atoms with E-state index in [-0.39, 0.29) is 16.9 Å². The van der Waals surface area contributed by atoms with Crippen molar-refractivity contribution >= 4 is 5.97 Å². The van der Waals surface area contributed by atoms with Crippen LogP contribution in [-0.2, 0) is 4.74 Å². The van der Waals surface area contributed by atoms with Crippen LogP contribution in [0.2, 0.25) is 0 Å². The van der Waals surface area contributed by atoms with Gasteiger partial charge in [0.25, 0.3) is 0 Å². The summed E-state index contributed by atoms with van der Waals surface area (Å²) in [4.78, 5) is 15.9. The lowest BCUT2D eigenvalue weighted by atomic mass is 10.0. The third kappa shape index (κ3) is 3.91. The van der Waals surface area contributed by atoms with Crippen molar-refractivity contribution in [2.45, 2.75) is 6.36 Å². The van der Waals surface area contributed by atoms with Crippen LogP contribution in [0.1, 0.15) is 10.4 Å². The molecular weight excluding hydrogens is 315 g/mol. The van der Waals surface area contributed by atoms with E-state index in [0.29, 0.717) is 5.56 Å². The van der Waals surface area contributed by atoms with E-state index in [1.807, 2.05) is 0 Å². The number of methoxy groups -OCH3 is 2. The number of esters is 1. The maximum absolute atomic E-state index is 12.3. The van der Waals surface area contributed by atoms with E-state index in [0.717, 1.165) is 12.1 Å². The van der Waals surface area contributed by atoms with Crippen molar-refractivity contribution < 1.29 is 32.2 Å². The number of pyridine rings is 1. The fourth-order valence-corrected chi connectivity index (χ4v) is 1.99. The number of halogens is 3. The number of benzene rings is 1. The summed E-state index contributed by atoms with van der Waals surface area (Å²) in [5, 5.41) is 0. The first-order chi connectivity index (χ1) is 10.9. The molecule has 1 heterocycles. The van der Waals surface area contributed by atoms with Gasteiger partial charge in [0.2, 0.25) is 0 Å². The zero-order chi connectivity index (χ0) is 17.0. The van der Waals surface area contributed by atoms with Crippen LogP contribution < -0.4 is 9.47 Å². The molecule has 0 bridgehead atoms. The predicted octanol–water partition coefficient (Wildman–Crippen LogP) is 3.44. The first-order valence-electron chi connectivity index (χ1n) is 6.32. The molecule has 0 fully saturated rings. The standard InChI is InChI=1S/C15H12F3NO4/c1-21-12-8-19-7-11(13(12)14(20)22-2)9-4-3-5-10(6-9)23-15(16,17)18/h3-8H,1-2H3. The Kier molecular flexibility index (Phi) is 4.73. The molecule has 0 saturated carbocycles. The van der Waals surface area contributed by atoms with Crippen molar-refractivity contribution in [3.63, 3.8) is 0 Å². The van der Waals surface area contributed by atoms with Crippen LogP contribution in [0.4, 0.5) is 13.2 Å². The summed E-state index contributed by atoms with van der Waals surface area (Å²) < 4.78 is 50.6. The largest absolute Gasteiger partial charge is 0.573 e. The van der Waals surface area contributed by atoms with Crippen molar-refractivity contribution in [1.82, 2.24) is 4.98 Å². The van der Waals surface area contributed by atoms with Crippen LogP contribution in [0.15, 0.2) is 36.7 Å². The summed E-state index contributed by atoms with van der Waals surface area (Å²) in [6.07, 6.45) is -2.16. The molecule has 122 valence electrons. The van der Waals surface area contributed by atoms with Crippen LogP contribution in [0.5, 0.6) is 11.5 Å². The molecule has 0 amide bonds. The van der Waals surface area contributed by atoms with Gasteiger partial charge in [-0.25, -0.2) is 4.79 Å². The minimum Gasteiger partial charge on any atom is -0.494 e. The maximum atomic E-state index is 12.3. The zero-order valence-corrected chi connectivity index (χ0v) is 12.2. The van der Waals surface area contributed by atoms with E-state index >= 15 is 0 Å². The minimum atomic E-state index is -4.81. The highest BCUT2D eigenvalue weighted by molar-refractivity contribution is 5.99. The quantitative estimate of drug-likeness (QED) is 0.805. The van der Waals surface area contributed by atoms with E-state index < -0.39 is 18.1 Å². The molecule has 0 radical (unpaired) electrons. The van der Waals surface area contributed by atoms with Crippen molar-refractivity contribution in [3.8, 4) is 22.6 Å². The Morgan fingerprint density at radius 3 is 2.52 bits per heavy atom. The number of rotatable bonds is 4. The van der Waals surface area contributed by atoms with Crippen molar-refractivity contribution in [2.75, 3.05) is 14.2 Å². The second-order valence-corrected chi connectivity index (χ2v) is 4.33. The van der Waals surface area contributed by atoms with Gasteiger partial charge < -0.3 is 14.2 Å². The van der Waals surface area contributed by atoms with E-state index in [1.54, 1.807) is 0 Å². The van der Waals surface area contributed by atoms with Gasteiger partial charge >= 0.3 is 12.3 Å². The average molecular weight is 327 g/mol. The van der Waals surface area contributed by atoms with Crippen molar-refractivity contribution in [2.24, 2.45) is 0 Å². The van der Waals surface area contributed by atoms with Gasteiger partial charge in [-0.3, -0.25) is 4.98 Å². The SMILES string of the molecule is COC(=O)c1c(OC)cncc1-c1cccc(OC(F)(F)F)c1. The van der Waals surface area contributed by atoms with Gasteiger partial charge in [-0.1, -0.05) is 12.1 Å². The molecule has 23 heavy (non-hydrogen) atoms. The van der Waals surface area contributed by atoms with Crippen LogP contribution >= 0.6 is 0 Å². The Labute approximate surface area is 129 Å². The number of hydrogen-bond donors (Lipinski definition) is 0. The number of alkyl halides is 3. The summed E-state index contributed by atoms with van der Waals surface area (Å²) in [5.74, 6) is -0.952. The van der Waals surface area contributed by atoms with Crippen LogP contribution in [0.3, 0.4) is 0 Å². The van der Waals surface area contributed by atoms with Gasteiger partial charge in [0.05, 0.1) is 20.4 Å². The average Bonchev–Trinajstić information content (AvgIpc) is 2.52. The van der Waals surface area contributed by atoms with E-state index in [9.17, 15) is 18.0 Å². The van der Waals surface area contributed by atoms with Gasteiger partial charge in [0.15, 0.2) is 5.75 Å². The molecule has 2 aromatic rings. The Bertz CT molecular complexity index is 716. The molecule has 8 heteroatoms. The molecule has 0 aliphatic carbocycles. The third-order valence-corrected chi connectivity index (χ3v) is 2.90. The lowest BCUT2D eigenvalue weighted by molar-refractivity contribution is -0.274. The first-order valence-corrected chi connectivity index (χ1v) is 6.32. The normalized spacial score (nSPS) is 11.0. The van der Waals surface area contributed by atoms with Crippen molar-refractivity contribution in [1.29, 1.82) is 0 Å². The number of carbonyl (C=O) groups excluding carboxylic acids is 1. The van der Waals surface area contributed by atoms with Gasteiger partial charge in [-0.2, -0.15) is 0 Å². The van der Waals surface area contributed by atoms with E-state index in [2.05, 4.69) is 9.72 Å². The zero-order valence-electron chi connectivity index (χ0n) is 12.2.